The summed E-state index contributed by atoms with van der Waals surface area (Å²) >= 11 is 0. The van der Waals surface area contributed by atoms with Crippen LogP contribution < -0.4 is 15.0 Å². The lowest BCUT2D eigenvalue weighted by Gasteiger charge is -2.43. The van der Waals surface area contributed by atoms with Crippen LogP contribution in [-0.2, 0) is 17.7 Å². The zero-order valence-electron chi connectivity index (χ0n) is 21.8. The molecule has 36 heavy (non-hydrogen) atoms. The van der Waals surface area contributed by atoms with Crippen molar-refractivity contribution in [3.05, 3.63) is 16.8 Å². The van der Waals surface area contributed by atoms with Gasteiger partial charge in [-0.2, -0.15) is 10.5 Å². The van der Waals surface area contributed by atoms with Gasteiger partial charge in [-0.05, 0) is 60.2 Å². The third-order valence-corrected chi connectivity index (χ3v) is 7.12. The molecule has 3 aliphatic heterocycles. The van der Waals surface area contributed by atoms with Gasteiger partial charge in [0.1, 0.15) is 23.8 Å². The molecule has 4 rings (SSSR count). The number of nitrogens with zero attached hydrogens (tertiary/aromatic N) is 6. The van der Waals surface area contributed by atoms with E-state index in [9.17, 15) is 15.3 Å². The molecule has 0 unspecified atom stereocenters. The van der Waals surface area contributed by atoms with E-state index in [1.807, 2.05) is 20.8 Å². The SMILES string of the molecule is CN1CCC[C@H]1COc1nc2c(c(N3CCN(C(=O)OC(C)(C)C)[C@@H](CC#N)C3)c1C#N)CCNC2. The summed E-state index contributed by atoms with van der Waals surface area (Å²) in [6.07, 6.45) is 2.75. The molecule has 0 bridgehead atoms. The van der Waals surface area contributed by atoms with Gasteiger partial charge in [0.05, 0.1) is 29.9 Å². The molecule has 2 fully saturated rings. The molecular formula is C26H37N7O3. The van der Waals surface area contributed by atoms with Crippen LogP contribution in [0.15, 0.2) is 0 Å². The van der Waals surface area contributed by atoms with Gasteiger partial charge in [0.2, 0.25) is 5.88 Å². The first-order valence-corrected chi connectivity index (χ1v) is 12.8. The number of likely N-dealkylation sites (tertiary alicyclic amines) is 1. The van der Waals surface area contributed by atoms with E-state index in [0.29, 0.717) is 50.3 Å². The summed E-state index contributed by atoms with van der Waals surface area (Å²) in [6.45, 7) is 9.85. The number of likely N-dealkylation sites (N-methyl/N-ethyl adjacent to an activating group) is 1. The maximum atomic E-state index is 12.9. The number of ether oxygens (including phenoxy) is 2. The second kappa shape index (κ2) is 10.9. The summed E-state index contributed by atoms with van der Waals surface area (Å²) in [6, 6.07) is 4.57. The zero-order chi connectivity index (χ0) is 25.9. The first kappa shape index (κ1) is 26.0. The van der Waals surface area contributed by atoms with Crippen LogP contribution in [0.5, 0.6) is 5.88 Å². The van der Waals surface area contributed by atoms with E-state index >= 15 is 0 Å². The Morgan fingerprint density at radius 2 is 2.03 bits per heavy atom. The number of anilines is 1. The molecule has 0 spiro atoms. The largest absolute Gasteiger partial charge is 0.475 e. The fourth-order valence-electron chi connectivity index (χ4n) is 5.28. The number of rotatable bonds is 5. The number of hydrogen-bond acceptors (Lipinski definition) is 9. The molecule has 10 nitrogen and oxygen atoms in total. The topological polar surface area (TPSA) is 118 Å². The summed E-state index contributed by atoms with van der Waals surface area (Å²) < 4.78 is 11.8. The third-order valence-electron chi connectivity index (χ3n) is 7.12. The van der Waals surface area contributed by atoms with Gasteiger partial charge in [-0.1, -0.05) is 0 Å². The number of pyridine rings is 1. The van der Waals surface area contributed by atoms with Crippen molar-refractivity contribution >= 4 is 11.8 Å². The first-order valence-electron chi connectivity index (χ1n) is 12.8. The van der Waals surface area contributed by atoms with E-state index in [1.165, 1.54) is 0 Å². The molecule has 2 atom stereocenters. The average Bonchev–Trinajstić information content (AvgIpc) is 3.25. The molecule has 10 heteroatoms. The Labute approximate surface area is 213 Å². The highest BCUT2D eigenvalue weighted by atomic mass is 16.6. The average molecular weight is 496 g/mol. The fourth-order valence-corrected chi connectivity index (χ4v) is 5.28. The summed E-state index contributed by atoms with van der Waals surface area (Å²) in [7, 11) is 2.10. The van der Waals surface area contributed by atoms with Gasteiger partial charge in [-0.3, -0.25) is 0 Å². The van der Waals surface area contributed by atoms with Crippen molar-refractivity contribution in [1.82, 2.24) is 20.1 Å². The number of carbonyl (C=O) groups is 1. The number of hydrogen-bond donors (Lipinski definition) is 1. The zero-order valence-corrected chi connectivity index (χ0v) is 21.8. The molecule has 1 N–H and O–H groups in total. The Morgan fingerprint density at radius 1 is 1.22 bits per heavy atom. The summed E-state index contributed by atoms with van der Waals surface area (Å²) in [5.41, 5.74) is 2.62. The lowest BCUT2D eigenvalue weighted by molar-refractivity contribution is 0.0145. The monoisotopic (exact) mass is 495 g/mol. The smallest absolute Gasteiger partial charge is 0.410 e. The normalized spacial score (nSPS) is 22.5. The van der Waals surface area contributed by atoms with E-state index in [4.69, 9.17) is 14.5 Å². The summed E-state index contributed by atoms with van der Waals surface area (Å²) in [5, 5.41) is 23.1. The standard InChI is InChI=1S/C26H37N7O3/c1-26(2,3)36-25(34)33-13-12-32(16-18(33)7-9-27)23-20-8-10-29-15-22(20)30-24(21(23)14-28)35-17-19-6-5-11-31(19)4/h18-19,29H,5-8,10-13,15-17H2,1-4H3/t18-,19-/m0/s1. The molecule has 0 radical (unpaired) electrons. The van der Waals surface area contributed by atoms with E-state index in [1.54, 1.807) is 4.90 Å². The van der Waals surface area contributed by atoms with Gasteiger partial charge >= 0.3 is 6.09 Å². The Morgan fingerprint density at radius 3 is 2.69 bits per heavy atom. The summed E-state index contributed by atoms with van der Waals surface area (Å²) in [5.74, 6) is 0.377. The maximum absolute atomic E-state index is 12.9. The van der Waals surface area contributed by atoms with Crippen LogP contribution in [0.1, 0.15) is 56.9 Å². The molecule has 1 aromatic heterocycles. The van der Waals surface area contributed by atoms with Gasteiger partial charge in [-0.15, -0.1) is 0 Å². The van der Waals surface area contributed by atoms with Crippen LogP contribution in [0.25, 0.3) is 0 Å². The predicted molar refractivity (Wildman–Crippen MR) is 135 cm³/mol. The van der Waals surface area contributed by atoms with Crippen LogP contribution in [-0.4, -0.2) is 84.9 Å². The van der Waals surface area contributed by atoms with E-state index in [2.05, 4.69) is 34.3 Å². The highest BCUT2D eigenvalue weighted by Gasteiger charge is 2.36. The number of nitriles is 2. The lowest BCUT2D eigenvalue weighted by atomic mass is 9.98. The number of aromatic nitrogens is 1. The highest BCUT2D eigenvalue weighted by Crippen LogP contribution is 2.37. The molecule has 0 saturated carbocycles. The molecule has 3 aliphatic rings. The minimum atomic E-state index is -0.615. The van der Waals surface area contributed by atoms with Gasteiger partial charge in [0.25, 0.3) is 0 Å². The van der Waals surface area contributed by atoms with Crippen LogP contribution in [0, 0.1) is 22.7 Å². The van der Waals surface area contributed by atoms with Crippen LogP contribution in [0.2, 0.25) is 0 Å². The van der Waals surface area contributed by atoms with Crippen LogP contribution in [0.3, 0.4) is 0 Å². The minimum Gasteiger partial charge on any atom is -0.475 e. The first-order chi connectivity index (χ1) is 17.2. The molecule has 2 saturated heterocycles. The maximum Gasteiger partial charge on any atom is 0.410 e. The van der Waals surface area contributed by atoms with Crippen LogP contribution >= 0.6 is 0 Å². The Kier molecular flexibility index (Phi) is 7.87. The van der Waals surface area contributed by atoms with Gasteiger partial charge in [0, 0.05) is 37.8 Å². The molecule has 0 aromatic carbocycles. The molecular weight excluding hydrogens is 458 g/mol. The minimum absolute atomic E-state index is 0.184. The molecule has 1 aromatic rings. The van der Waals surface area contributed by atoms with E-state index < -0.39 is 11.7 Å². The van der Waals surface area contributed by atoms with Crippen molar-refractivity contribution in [1.29, 1.82) is 10.5 Å². The summed E-state index contributed by atoms with van der Waals surface area (Å²) in [4.78, 5) is 23.7. The molecule has 0 aliphatic carbocycles. The number of carbonyl (C=O) groups excluding carboxylic acids is 1. The second-order valence-corrected chi connectivity index (χ2v) is 10.8. The second-order valence-electron chi connectivity index (χ2n) is 10.8. The predicted octanol–water partition coefficient (Wildman–Crippen LogP) is 2.41. The van der Waals surface area contributed by atoms with E-state index in [-0.39, 0.29) is 12.5 Å². The van der Waals surface area contributed by atoms with Crippen molar-refractivity contribution < 1.29 is 14.3 Å². The quantitative estimate of drug-likeness (QED) is 0.657. The van der Waals surface area contributed by atoms with Crippen molar-refractivity contribution in [2.75, 3.05) is 51.3 Å². The molecule has 4 heterocycles. The number of amides is 1. The van der Waals surface area contributed by atoms with Crippen molar-refractivity contribution in [3.63, 3.8) is 0 Å². The van der Waals surface area contributed by atoms with Gasteiger partial charge in [0.15, 0.2) is 0 Å². The molecule has 194 valence electrons. The van der Waals surface area contributed by atoms with Gasteiger partial charge in [-0.25, -0.2) is 9.78 Å². The number of nitrogens with one attached hydrogen (secondary N) is 1. The van der Waals surface area contributed by atoms with E-state index in [0.717, 1.165) is 49.3 Å². The van der Waals surface area contributed by atoms with Gasteiger partial charge < -0.3 is 29.5 Å². The van der Waals surface area contributed by atoms with Crippen LogP contribution in [0.4, 0.5) is 10.5 Å². The molecule has 1 amide bonds. The van der Waals surface area contributed by atoms with Crippen molar-refractivity contribution in [2.24, 2.45) is 0 Å². The van der Waals surface area contributed by atoms with Crippen molar-refractivity contribution in [2.45, 2.75) is 70.7 Å². The van der Waals surface area contributed by atoms with Crippen molar-refractivity contribution in [3.8, 4) is 18.0 Å². The Balaban J connectivity index is 1.64. The Bertz CT molecular complexity index is 1060. The number of fused-ring (bicyclic) bond motifs is 1. The third kappa shape index (κ3) is 5.66. The fraction of sp³-hybridized carbons (Fsp3) is 0.692. The lowest BCUT2D eigenvalue weighted by Crippen LogP contribution is -2.56. The number of piperazine rings is 1. The highest BCUT2D eigenvalue weighted by molar-refractivity contribution is 5.72. The Hall–Kier alpha value is -3.08.